The number of nitro benzene ring substituents is 1. The first-order valence-corrected chi connectivity index (χ1v) is 10.4. The van der Waals surface area contributed by atoms with E-state index < -0.39 is 16.9 Å². The summed E-state index contributed by atoms with van der Waals surface area (Å²) in [4.78, 5) is 42.1. The molecule has 2 amide bonds. The third-order valence-electron chi connectivity index (χ3n) is 6.64. The van der Waals surface area contributed by atoms with Crippen LogP contribution in [-0.4, -0.2) is 33.1 Å². The van der Waals surface area contributed by atoms with Crippen LogP contribution in [0.1, 0.15) is 34.2 Å². The van der Waals surface area contributed by atoms with E-state index in [2.05, 4.69) is 0 Å². The lowest BCUT2D eigenvalue weighted by atomic mass is 9.94. The van der Waals surface area contributed by atoms with Crippen molar-refractivity contribution in [2.24, 2.45) is 0 Å². The van der Waals surface area contributed by atoms with Gasteiger partial charge in [0.2, 0.25) is 5.91 Å². The molecule has 2 atom stereocenters. The summed E-state index contributed by atoms with van der Waals surface area (Å²) in [6.07, 6.45) is 4.29. The van der Waals surface area contributed by atoms with Gasteiger partial charge in [-0.25, -0.2) is 0 Å². The summed E-state index contributed by atoms with van der Waals surface area (Å²) < 4.78 is 3.76. The Hall–Kier alpha value is -4.14. The molecular weight excluding hydrogens is 410 g/mol. The summed E-state index contributed by atoms with van der Waals surface area (Å²) in [6.45, 7) is 0.442. The fourth-order valence-corrected chi connectivity index (χ4v) is 5.42. The number of benzene rings is 1. The normalized spacial score (nSPS) is 23.3. The number of hydrogen-bond donors (Lipinski definition) is 0. The Morgan fingerprint density at radius 2 is 1.69 bits per heavy atom. The van der Waals surface area contributed by atoms with E-state index in [1.807, 2.05) is 39.6 Å². The molecular formula is C23H19N5O4+2. The number of para-hydroxylation sites is 1. The maximum Gasteiger partial charge on any atom is 0.549 e. The van der Waals surface area contributed by atoms with Crippen molar-refractivity contribution in [2.75, 3.05) is 6.54 Å². The van der Waals surface area contributed by atoms with Crippen molar-refractivity contribution in [1.82, 2.24) is 9.80 Å². The van der Waals surface area contributed by atoms with E-state index in [0.717, 1.165) is 5.69 Å². The second kappa shape index (κ2) is 6.43. The molecule has 3 aliphatic rings. The lowest BCUT2D eigenvalue weighted by molar-refractivity contribution is -1.04. The largest absolute Gasteiger partial charge is 0.549 e. The highest BCUT2D eigenvalue weighted by atomic mass is 16.6. The Morgan fingerprint density at radius 1 is 0.969 bits per heavy atom. The highest BCUT2D eigenvalue weighted by Crippen LogP contribution is 2.44. The van der Waals surface area contributed by atoms with Crippen LogP contribution in [-0.2, 0) is 17.1 Å². The lowest BCUT2D eigenvalue weighted by Crippen LogP contribution is -2.89. The van der Waals surface area contributed by atoms with Gasteiger partial charge >= 0.3 is 11.8 Å². The van der Waals surface area contributed by atoms with E-state index in [1.165, 1.54) is 6.07 Å². The average Bonchev–Trinajstić information content (AvgIpc) is 3.08. The molecule has 0 N–H and O–H groups in total. The van der Waals surface area contributed by atoms with Gasteiger partial charge in [-0.15, -0.1) is 0 Å². The summed E-state index contributed by atoms with van der Waals surface area (Å²) in [5, 5.41) is 11.8. The van der Waals surface area contributed by atoms with Gasteiger partial charge in [0, 0.05) is 36.9 Å². The highest BCUT2D eigenvalue weighted by Gasteiger charge is 2.77. The smallest absolute Gasteiger partial charge is 0.274 e. The van der Waals surface area contributed by atoms with Crippen LogP contribution in [0.15, 0.2) is 73.1 Å². The fraction of sp³-hybridized carbons (Fsp3) is 0.217. The predicted molar refractivity (Wildman–Crippen MR) is 109 cm³/mol. The molecule has 9 heteroatoms. The Balaban J connectivity index is 1.69. The predicted octanol–water partition coefficient (Wildman–Crippen LogP) is 1.27. The number of carbonyl (C=O) groups is 2. The van der Waals surface area contributed by atoms with Gasteiger partial charge in [0.15, 0.2) is 18.1 Å². The first kappa shape index (κ1) is 18.6. The Bertz CT molecular complexity index is 1320. The number of nitrogens with zero attached hydrogens (tertiary/aromatic N) is 5. The van der Waals surface area contributed by atoms with Crippen molar-refractivity contribution in [3.05, 3.63) is 100 Å². The van der Waals surface area contributed by atoms with Crippen LogP contribution in [0.4, 0.5) is 5.69 Å². The topological polar surface area (TPSA) is 91.5 Å². The minimum Gasteiger partial charge on any atom is -0.274 e. The zero-order valence-electron chi connectivity index (χ0n) is 17.0. The summed E-state index contributed by atoms with van der Waals surface area (Å²) in [5.74, 6) is -1.69. The van der Waals surface area contributed by atoms with Gasteiger partial charge < -0.3 is 0 Å². The molecule has 2 unspecified atom stereocenters. The molecule has 0 aliphatic carbocycles. The van der Waals surface area contributed by atoms with E-state index in [1.54, 1.807) is 46.3 Å². The Kier molecular flexibility index (Phi) is 3.74. The molecule has 5 heterocycles. The summed E-state index contributed by atoms with van der Waals surface area (Å²) in [5.41, 5.74) is 1.66. The van der Waals surface area contributed by atoms with E-state index in [4.69, 9.17) is 0 Å². The van der Waals surface area contributed by atoms with Gasteiger partial charge in [-0.3, -0.25) is 19.7 Å². The first-order chi connectivity index (χ1) is 15.5. The number of aromatic nitrogens is 2. The molecule has 1 fully saturated rings. The maximum atomic E-state index is 13.8. The van der Waals surface area contributed by atoms with E-state index in [9.17, 15) is 19.7 Å². The van der Waals surface area contributed by atoms with E-state index in [0.29, 0.717) is 24.2 Å². The summed E-state index contributed by atoms with van der Waals surface area (Å²) in [6, 6.07) is 16.7. The van der Waals surface area contributed by atoms with Crippen LogP contribution >= 0.6 is 0 Å². The SMILES string of the molecule is O=C1CC(c2ccccc2[N+](=O)[O-])N2C(=O)c3cccc[n+]3C23N1CCc1cccc[n+]13. The van der Waals surface area contributed by atoms with Crippen LogP contribution < -0.4 is 9.13 Å². The Labute approximate surface area is 182 Å². The molecule has 9 nitrogen and oxygen atoms in total. The van der Waals surface area contributed by atoms with Gasteiger partial charge in [-0.05, 0) is 6.07 Å². The zero-order chi connectivity index (χ0) is 22.0. The molecule has 1 aromatic carbocycles. The van der Waals surface area contributed by atoms with Crippen LogP contribution in [0.3, 0.4) is 0 Å². The van der Waals surface area contributed by atoms with Gasteiger partial charge in [-0.1, -0.05) is 33.4 Å². The van der Waals surface area contributed by atoms with Crippen LogP contribution in [0.5, 0.6) is 0 Å². The summed E-state index contributed by atoms with van der Waals surface area (Å²) in [7, 11) is 0. The van der Waals surface area contributed by atoms with E-state index >= 15 is 0 Å². The zero-order valence-corrected chi connectivity index (χ0v) is 17.0. The highest BCUT2D eigenvalue weighted by molar-refractivity contribution is 5.94. The number of carbonyl (C=O) groups excluding carboxylic acids is 2. The molecule has 0 bridgehead atoms. The molecule has 158 valence electrons. The molecule has 1 spiro atoms. The number of nitro groups is 1. The van der Waals surface area contributed by atoms with E-state index in [-0.39, 0.29) is 23.9 Å². The van der Waals surface area contributed by atoms with Crippen LogP contribution in [0.25, 0.3) is 0 Å². The molecule has 6 rings (SSSR count). The van der Waals surface area contributed by atoms with Crippen molar-refractivity contribution in [3.8, 4) is 0 Å². The van der Waals surface area contributed by atoms with Gasteiger partial charge in [0.25, 0.3) is 11.4 Å². The standard InChI is InChI=1S/C23H19N5O4/c29-21-15-20(17-8-1-2-9-18(17)28(31)32)27-22(30)19-10-4-6-13-25(19)23(27)24-12-5-3-7-16(24)11-14-26(21)23/h1-10,12-13,20H,11,14-15H2/q+2. The minimum atomic E-state index is -1.27. The molecule has 0 saturated carbocycles. The van der Waals surface area contributed by atoms with Crippen LogP contribution in [0.2, 0.25) is 0 Å². The number of amides is 2. The first-order valence-electron chi connectivity index (χ1n) is 10.4. The number of rotatable bonds is 2. The number of fused-ring (bicyclic) bond motifs is 2. The molecule has 3 aliphatic heterocycles. The van der Waals surface area contributed by atoms with Crippen LogP contribution in [0, 0.1) is 10.1 Å². The quantitative estimate of drug-likeness (QED) is 0.349. The molecule has 0 radical (unpaired) electrons. The fourth-order valence-electron chi connectivity index (χ4n) is 5.42. The molecule has 32 heavy (non-hydrogen) atoms. The third kappa shape index (κ3) is 2.17. The van der Waals surface area contributed by atoms with Crippen molar-refractivity contribution in [1.29, 1.82) is 0 Å². The number of pyridine rings is 2. The monoisotopic (exact) mass is 429 g/mol. The average molecular weight is 429 g/mol. The Morgan fingerprint density at radius 3 is 2.50 bits per heavy atom. The molecule has 2 aromatic heterocycles. The summed E-state index contributed by atoms with van der Waals surface area (Å²) >= 11 is 0. The minimum absolute atomic E-state index is 0.0182. The molecule has 3 aromatic rings. The second-order valence-corrected chi connectivity index (χ2v) is 8.12. The molecule has 1 saturated heterocycles. The van der Waals surface area contributed by atoms with Gasteiger partial charge in [-0.2, -0.15) is 9.80 Å². The maximum absolute atomic E-state index is 13.8. The van der Waals surface area contributed by atoms with Crippen molar-refractivity contribution in [3.63, 3.8) is 0 Å². The second-order valence-electron chi connectivity index (χ2n) is 8.12. The van der Waals surface area contributed by atoms with Crippen molar-refractivity contribution < 1.29 is 23.6 Å². The van der Waals surface area contributed by atoms with Gasteiger partial charge in [0.1, 0.15) is 0 Å². The van der Waals surface area contributed by atoms with Gasteiger partial charge in [0.05, 0.1) is 29.4 Å². The van der Waals surface area contributed by atoms with Crippen molar-refractivity contribution in [2.45, 2.75) is 24.8 Å². The number of hydrogen-bond acceptors (Lipinski definition) is 4. The lowest BCUT2D eigenvalue weighted by Gasteiger charge is -2.45. The third-order valence-corrected chi connectivity index (χ3v) is 6.64. The van der Waals surface area contributed by atoms with Crippen molar-refractivity contribution >= 4 is 17.5 Å².